The molecule has 6 heteroatoms. The fraction of sp³-hybridized carbons (Fsp3) is 0.577. The van der Waals surface area contributed by atoms with Gasteiger partial charge in [0.2, 0.25) is 5.91 Å². The summed E-state index contributed by atoms with van der Waals surface area (Å²) < 4.78 is 1.52. The molecule has 1 heterocycles. The van der Waals surface area contributed by atoms with Gasteiger partial charge in [-0.25, -0.2) is 4.98 Å². The summed E-state index contributed by atoms with van der Waals surface area (Å²) in [5.41, 5.74) is 1.42. The number of carbonyl (C=O) groups excluding carboxylic acids is 1. The molecule has 0 fully saturated rings. The summed E-state index contributed by atoms with van der Waals surface area (Å²) in [7, 11) is 0. The molecule has 0 radical (unpaired) electrons. The van der Waals surface area contributed by atoms with Gasteiger partial charge >= 0.3 is 0 Å². The Labute approximate surface area is 197 Å². The molecule has 0 aliphatic heterocycles. The number of benzene rings is 1. The summed E-state index contributed by atoms with van der Waals surface area (Å²) in [6, 6.07) is 9.76. The van der Waals surface area contributed by atoms with E-state index >= 15 is 0 Å². The van der Waals surface area contributed by atoms with Crippen LogP contribution in [0.4, 0.5) is 5.69 Å². The van der Waals surface area contributed by atoms with Crippen LogP contribution >= 0.6 is 11.8 Å². The number of rotatable bonds is 13. The highest BCUT2D eigenvalue weighted by Crippen LogP contribution is 2.27. The minimum absolute atomic E-state index is 0.0214. The lowest BCUT2D eigenvalue weighted by atomic mass is 10.1. The quantitative estimate of drug-likeness (QED) is 0.273. The molecule has 5 nitrogen and oxygen atoms in total. The van der Waals surface area contributed by atoms with E-state index in [-0.39, 0.29) is 18.0 Å². The van der Waals surface area contributed by atoms with Crippen LogP contribution in [0.1, 0.15) is 77.7 Å². The summed E-state index contributed by atoms with van der Waals surface area (Å²) in [6.45, 7) is 11.1. The van der Waals surface area contributed by atoms with Crippen molar-refractivity contribution in [2.24, 2.45) is 0 Å². The molecule has 0 aliphatic rings. The number of unbranched alkanes of at least 4 members (excludes halogenated alkanes) is 4. The minimum atomic E-state index is -0.161. The lowest BCUT2D eigenvalue weighted by Crippen LogP contribution is -2.38. The molecule has 0 spiro atoms. The predicted molar refractivity (Wildman–Crippen MR) is 136 cm³/mol. The highest BCUT2D eigenvalue weighted by atomic mass is 32.2. The fourth-order valence-corrected chi connectivity index (χ4v) is 4.56. The molecule has 1 amide bonds. The molecule has 1 atom stereocenters. The van der Waals surface area contributed by atoms with Gasteiger partial charge < -0.3 is 4.90 Å². The Morgan fingerprint density at radius 3 is 2.41 bits per heavy atom. The summed E-state index contributed by atoms with van der Waals surface area (Å²) in [4.78, 5) is 33.5. The van der Waals surface area contributed by atoms with Gasteiger partial charge in [0.25, 0.3) is 5.56 Å². The largest absolute Gasteiger partial charge is 0.311 e. The van der Waals surface area contributed by atoms with Crippen molar-refractivity contribution in [3.63, 3.8) is 0 Å². The highest BCUT2D eigenvalue weighted by Gasteiger charge is 2.18. The number of hydrogen-bond acceptors (Lipinski definition) is 4. The third kappa shape index (κ3) is 7.80. The Morgan fingerprint density at radius 2 is 1.78 bits per heavy atom. The molecule has 1 aromatic carbocycles. The number of carbonyl (C=O) groups is 1. The number of hydrogen-bond donors (Lipinski definition) is 0. The normalized spacial score (nSPS) is 12.0. The smallest absolute Gasteiger partial charge is 0.254 e. The number of thioether (sulfide) groups is 1. The molecule has 176 valence electrons. The molecule has 0 bridgehead atoms. The Bertz CT molecular complexity index is 908. The van der Waals surface area contributed by atoms with Gasteiger partial charge in [-0.3, -0.25) is 14.2 Å². The molecule has 2 rings (SSSR count). The van der Waals surface area contributed by atoms with Crippen LogP contribution in [0, 0.1) is 6.92 Å². The van der Waals surface area contributed by atoms with E-state index < -0.39 is 0 Å². The third-order valence-corrected chi connectivity index (χ3v) is 6.95. The second kappa shape index (κ2) is 13.5. The topological polar surface area (TPSA) is 55.2 Å². The van der Waals surface area contributed by atoms with E-state index in [1.165, 1.54) is 34.8 Å². The third-order valence-electron chi connectivity index (χ3n) is 5.67. The van der Waals surface area contributed by atoms with Gasteiger partial charge in [0, 0.05) is 40.6 Å². The van der Waals surface area contributed by atoms with Crippen LogP contribution in [0.25, 0.3) is 0 Å². The number of aryl methyl sites for hydroxylation is 2. The molecule has 1 unspecified atom stereocenters. The van der Waals surface area contributed by atoms with Crippen LogP contribution in [-0.2, 0) is 17.8 Å². The summed E-state index contributed by atoms with van der Waals surface area (Å²) in [6.07, 6.45) is 7.39. The van der Waals surface area contributed by atoms with Crippen molar-refractivity contribution in [3.05, 3.63) is 52.2 Å². The Morgan fingerprint density at radius 1 is 1.09 bits per heavy atom. The van der Waals surface area contributed by atoms with Crippen molar-refractivity contribution in [3.8, 4) is 0 Å². The van der Waals surface area contributed by atoms with Gasteiger partial charge in [0.15, 0.2) is 0 Å². The minimum Gasteiger partial charge on any atom is -0.311 e. The van der Waals surface area contributed by atoms with Gasteiger partial charge in [0.05, 0.1) is 0 Å². The van der Waals surface area contributed by atoms with Gasteiger partial charge in [-0.15, -0.1) is 11.8 Å². The molecular formula is C26H39N3O2S. The van der Waals surface area contributed by atoms with E-state index in [4.69, 9.17) is 0 Å². The summed E-state index contributed by atoms with van der Waals surface area (Å²) in [5.74, 6) is 0.594. The molecule has 1 aromatic heterocycles. The fourth-order valence-electron chi connectivity index (χ4n) is 3.63. The van der Waals surface area contributed by atoms with E-state index in [1.54, 1.807) is 0 Å². The van der Waals surface area contributed by atoms with Gasteiger partial charge in [-0.2, -0.15) is 0 Å². The first-order valence-electron chi connectivity index (χ1n) is 12.0. The molecule has 32 heavy (non-hydrogen) atoms. The van der Waals surface area contributed by atoms with Crippen LogP contribution in [0.2, 0.25) is 0 Å². The van der Waals surface area contributed by atoms with E-state index in [1.807, 2.05) is 42.6 Å². The van der Waals surface area contributed by atoms with Crippen LogP contribution in [0.5, 0.6) is 0 Å². The summed E-state index contributed by atoms with van der Waals surface area (Å²) >= 11 is 1.85. The zero-order chi connectivity index (χ0) is 23.5. The van der Waals surface area contributed by atoms with Crippen molar-refractivity contribution in [2.75, 3.05) is 11.4 Å². The van der Waals surface area contributed by atoms with Crippen LogP contribution in [0.3, 0.4) is 0 Å². The van der Waals surface area contributed by atoms with Crippen molar-refractivity contribution < 1.29 is 4.79 Å². The Balaban J connectivity index is 2.22. The monoisotopic (exact) mass is 457 g/mol. The van der Waals surface area contributed by atoms with Crippen LogP contribution in [0.15, 0.2) is 40.0 Å². The predicted octanol–water partition coefficient (Wildman–Crippen LogP) is 6.01. The van der Waals surface area contributed by atoms with E-state index in [9.17, 15) is 9.59 Å². The van der Waals surface area contributed by atoms with Gasteiger partial charge in [0.1, 0.15) is 12.4 Å². The molecule has 0 N–H and O–H groups in total. The maximum absolute atomic E-state index is 13.4. The van der Waals surface area contributed by atoms with Gasteiger partial charge in [-0.05, 0) is 44.0 Å². The van der Waals surface area contributed by atoms with E-state index in [2.05, 4.69) is 37.9 Å². The highest BCUT2D eigenvalue weighted by molar-refractivity contribution is 7.99. The number of anilines is 1. The Hall–Kier alpha value is -2.08. The first-order chi connectivity index (χ1) is 15.4. The zero-order valence-electron chi connectivity index (χ0n) is 20.4. The average molecular weight is 458 g/mol. The van der Waals surface area contributed by atoms with Crippen LogP contribution < -0.4 is 10.5 Å². The summed E-state index contributed by atoms with van der Waals surface area (Å²) in [5, 5.41) is 0.561. The Kier molecular flexibility index (Phi) is 11.0. The number of aromatic nitrogens is 2. The molecule has 0 aliphatic carbocycles. The molecule has 0 saturated heterocycles. The number of amides is 1. The maximum Gasteiger partial charge on any atom is 0.254 e. The lowest BCUT2D eigenvalue weighted by Gasteiger charge is -2.24. The first kappa shape index (κ1) is 26.2. The second-order valence-electron chi connectivity index (χ2n) is 8.38. The van der Waals surface area contributed by atoms with Crippen molar-refractivity contribution in [1.82, 2.24) is 9.55 Å². The second-order valence-corrected chi connectivity index (χ2v) is 9.89. The lowest BCUT2D eigenvalue weighted by molar-refractivity contribution is -0.119. The maximum atomic E-state index is 13.4. The standard InChI is InChI=1S/C26H39N3O2S/c1-6-9-10-11-12-17-28(22-13-15-23(16-14-22)32-21(5)7-2)26(31)19-29-24(8-3)27-20(4)18-25(29)30/h13-16,18,21H,6-12,17,19H2,1-5H3. The van der Waals surface area contributed by atoms with Crippen molar-refractivity contribution in [2.45, 2.75) is 96.3 Å². The van der Waals surface area contributed by atoms with Crippen LogP contribution in [-0.4, -0.2) is 27.3 Å². The zero-order valence-corrected chi connectivity index (χ0v) is 21.2. The molecule has 2 aromatic rings. The molecule has 0 saturated carbocycles. The van der Waals surface area contributed by atoms with Gasteiger partial charge in [-0.1, -0.05) is 53.4 Å². The molecular weight excluding hydrogens is 418 g/mol. The van der Waals surface area contributed by atoms with Crippen molar-refractivity contribution in [1.29, 1.82) is 0 Å². The SMILES string of the molecule is CCCCCCCN(C(=O)Cn1c(CC)nc(C)cc1=O)c1ccc(SC(C)CC)cc1. The first-order valence-corrected chi connectivity index (χ1v) is 12.9. The van der Waals surface area contributed by atoms with E-state index in [0.717, 1.165) is 24.9 Å². The van der Waals surface area contributed by atoms with E-state index in [0.29, 0.717) is 29.7 Å². The van der Waals surface area contributed by atoms with Crippen molar-refractivity contribution >= 4 is 23.4 Å². The average Bonchev–Trinajstić information content (AvgIpc) is 2.78. The number of nitrogens with zero attached hydrogens (tertiary/aromatic N) is 3.